The Morgan fingerprint density at radius 3 is 2.57 bits per heavy atom. The molecule has 252 valence electrons. The Hall–Kier alpha value is -4.15. The van der Waals surface area contributed by atoms with Crippen LogP contribution < -0.4 is 9.47 Å². The molecule has 5 rings (SSSR count). The van der Waals surface area contributed by atoms with Crippen molar-refractivity contribution in [1.29, 1.82) is 0 Å². The zero-order valence-electron chi connectivity index (χ0n) is 28.5. The van der Waals surface area contributed by atoms with E-state index in [1.54, 1.807) is 49.4 Å². The Morgan fingerprint density at radius 2 is 1.91 bits per heavy atom. The summed E-state index contributed by atoms with van der Waals surface area (Å²) in [4.78, 5) is 31.7. The van der Waals surface area contributed by atoms with Crippen LogP contribution in [0.1, 0.15) is 51.8 Å². The zero-order valence-corrected chi connectivity index (χ0v) is 28.5. The molecule has 47 heavy (non-hydrogen) atoms. The number of hydrogen-bond acceptors (Lipinski definition) is 9. The molecule has 0 amide bonds. The van der Waals surface area contributed by atoms with Crippen molar-refractivity contribution in [2.75, 3.05) is 21.3 Å². The number of benzene rings is 1. The summed E-state index contributed by atoms with van der Waals surface area (Å²) in [5.74, 6) is -1.05. The van der Waals surface area contributed by atoms with Crippen LogP contribution in [0.3, 0.4) is 0 Å². The lowest BCUT2D eigenvalue weighted by Crippen LogP contribution is -2.48. The minimum atomic E-state index is -1.55. The number of aromatic nitrogens is 2. The summed E-state index contributed by atoms with van der Waals surface area (Å²) in [6.45, 7) is 8.36. The first kappa shape index (κ1) is 34.2. The lowest BCUT2D eigenvalue weighted by molar-refractivity contribution is -0.227. The van der Waals surface area contributed by atoms with Gasteiger partial charge in [-0.25, -0.2) is 14.6 Å². The van der Waals surface area contributed by atoms with Crippen LogP contribution in [0.4, 0.5) is 0 Å². The first-order valence-electron chi connectivity index (χ1n) is 16.0. The van der Waals surface area contributed by atoms with E-state index in [4.69, 9.17) is 28.4 Å². The number of imidazole rings is 1. The summed E-state index contributed by atoms with van der Waals surface area (Å²) >= 11 is 0. The van der Waals surface area contributed by atoms with Crippen LogP contribution in [0.25, 0.3) is 6.08 Å². The largest absolute Gasteiger partial charge is 0.493 e. The van der Waals surface area contributed by atoms with Gasteiger partial charge < -0.3 is 33.0 Å². The van der Waals surface area contributed by atoms with Gasteiger partial charge in [-0.2, -0.15) is 0 Å². The molecule has 2 bridgehead atoms. The molecule has 10 nitrogen and oxygen atoms in total. The number of rotatable bonds is 10. The van der Waals surface area contributed by atoms with Crippen molar-refractivity contribution in [2.24, 2.45) is 30.7 Å². The lowest BCUT2D eigenvalue weighted by atomic mass is 9.65. The number of carbonyl (C=O) groups is 2. The van der Waals surface area contributed by atoms with Crippen molar-refractivity contribution in [3.05, 3.63) is 83.5 Å². The normalized spacial score (nSPS) is 29.6. The first-order chi connectivity index (χ1) is 22.4. The van der Waals surface area contributed by atoms with Gasteiger partial charge in [-0.05, 0) is 86.3 Å². The molecular formula is C37H46N2O8. The Labute approximate surface area is 277 Å². The van der Waals surface area contributed by atoms with Crippen molar-refractivity contribution >= 4 is 18.0 Å². The van der Waals surface area contributed by atoms with Gasteiger partial charge in [0.15, 0.2) is 11.5 Å². The van der Waals surface area contributed by atoms with Crippen LogP contribution in [0.15, 0.2) is 72.2 Å². The van der Waals surface area contributed by atoms with E-state index in [1.165, 1.54) is 18.8 Å². The topological polar surface area (TPSA) is 107 Å². The SMILES string of the molecule is COc1ccc(COC(=O)/C2=C/[C@@H]3[C@@H](C(C)C)CC=C(C)[C@@H]3C[C@H](OC(=O)/C=C/c3cn(C)cn3)[C@]3(C)C=C[C@@]2(OC)O3)cc1OC. The Bertz CT molecular complexity index is 1600. The van der Waals surface area contributed by atoms with Gasteiger partial charge in [0.25, 0.3) is 0 Å². The molecule has 1 aromatic carbocycles. The smallest absolute Gasteiger partial charge is 0.339 e. The van der Waals surface area contributed by atoms with Crippen molar-refractivity contribution in [3.8, 4) is 11.5 Å². The van der Waals surface area contributed by atoms with Gasteiger partial charge in [-0.1, -0.05) is 37.6 Å². The number of methoxy groups -OCH3 is 3. The molecule has 0 fully saturated rings. The Morgan fingerprint density at radius 1 is 1.15 bits per heavy atom. The number of fused-ring (bicyclic) bond motifs is 3. The maximum atomic E-state index is 14.1. The minimum Gasteiger partial charge on any atom is -0.493 e. The number of allylic oxidation sites excluding steroid dienone is 3. The standard InChI is InChI=1S/C37H46N2O8/c1-23(2)27-12-9-24(3)28-19-33(46-34(40)14-11-26-20-39(5)22-38-26)36(4)15-16-37(44-8,47-36)30(18-29(27)28)35(41)45-21-25-10-13-31(42-6)32(17-25)43-7/h9-11,13-18,20,22-23,27-29,33H,12,19,21H2,1-8H3/b14-11+,30-18-/t27-,28+,29-,33+,36+,37-/m1/s1. The fraction of sp³-hybridized carbons (Fsp3) is 0.486. The van der Waals surface area contributed by atoms with Crippen LogP contribution in [0, 0.1) is 23.7 Å². The van der Waals surface area contributed by atoms with Crippen molar-refractivity contribution < 1.29 is 38.0 Å². The van der Waals surface area contributed by atoms with E-state index in [2.05, 4.69) is 31.8 Å². The molecule has 10 heteroatoms. The fourth-order valence-electron chi connectivity index (χ4n) is 6.94. The van der Waals surface area contributed by atoms with Crippen LogP contribution in [-0.4, -0.2) is 60.3 Å². The van der Waals surface area contributed by atoms with Gasteiger partial charge in [-0.3, -0.25) is 0 Å². The van der Waals surface area contributed by atoms with Gasteiger partial charge in [0.2, 0.25) is 5.79 Å². The highest BCUT2D eigenvalue weighted by Gasteiger charge is 2.55. The second-order valence-corrected chi connectivity index (χ2v) is 13.1. The average Bonchev–Trinajstić information content (AvgIpc) is 3.65. The predicted octanol–water partition coefficient (Wildman–Crippen LogP) is 5.98. The molecule has 3 heterocycles. The van der Waals surface area contributed by atoms with E-state index >= 15 is 0 Å². The van der Waals surface area contributed by atoms with Gasteiger partial charge in [0.1, 0.15) is 18.3 Å². The predicted molar refractivity (Wildman–Crippen MR) is 176 cm³/mol. The monoisotopic (exact) mass is 646 g/mol. The average molecular weight is 647 g/mol. The Kier molecular flexibility index (Phi) is 10.1. The summed E-state index contributed by atoms with van der Waals surface area (Å²) < 4.78 is 37.5. The quantitative estimate of drug-likeness (QED) is 0.175. The van der Waals surface area contributed by atoms with Crippen LogP contribution >= 0.6 is 0 Å². The van der Waals surface area contributed by atoms with E-state index in [9.17, 15) is 9.59 Å². The second-order valence-electron chi connectivity index (χ2n) is 13.1. The van der Waals surface area contributed by atoms with E-state index in [0.717, 1.165) is 12.0 Å². The second kappa shape index (κ2) is 13.9. The molecule has 2 aromatic rings. The molecule has 1 aliphatic carbocycles. The van der Waals surface area contributed by atoms with E-state index < -0.39 is 29.4 Å². The maximum Gasteiger partial charge on any atom is 0.339 e. The molecule has 2 aliphatic heterocycles. The van der Waals surface area contributed by atoms with Gasteiger partial charge in [0, 0.05) is 26.4 Å². The number of esters is 2. The van der Waals surface area contributed by atoms with Crippen molar-refractivity contribution in [1.82, 2.24) is 9.55 Å². The number of ether oxygens (including phenoxy) is 6. The Balaban J connectivity index is 1.50. The third-order valence-electron chi connectivity index (χ3n) is 9.67. The highest BCUT2D eigenvalue weighted by Crippen LogP contribution is 2.50. The van der Waals surface area contributed by atoms with Crippen molar-refractivity contribution in [3.63, 3.8) is 0 Å². The number of carbonyl (C=O) groups excluding carboxylic acids is 2. The number of nitrogens with zero attached hydrogens (tertiary/aromatic N) is 2. The summed E-state index contributed by atoms with van der Waals surface area (Å²) in [7, 11) is 6.49. The van der Waals surface area contributed by atoms with E-state index in [0.29, 0.717) is 29.5 Å². The van der Waals surface area contributed by atoms with Crippen LogP contribution in [0.2, 0.25) is 0 Å². The van der Waals surface area contributed by atoms with Gasteiger partial charge in [0.05, 0.1) is 31.8 Å². The summed E-state index contributed by atoms with van der Waals surface area (Å²) in [5.41, 5.74) is 1.72. The molecule has 6 atom stereocenters. The van der Waals surface area contributed by atoms with Crippen molar-refractivity contribution in [2.45, 2.75) is 64.6 Å². The summed E-state index contributed by atoms with van der Waals surface area (Å²) in [6.07, 6.45) is 15.0. The number of aryl methyl sites for hydroxylation is 1. The minimum absolute atomic E-state index is 0.000777. The summed E-state index contributed by atoms with van der Waals surface area (Å²) in [6, 6.07) is 5.37. The zero-order chi connectivity index (χ0) is 33.9. The molecule has 0 N–H and O–H groups in total. The first-order valence-corrected chi connectivity index (χ1v) is 16.0. The molecule has 0 unspecified atom stereocenters. The molecule has 3 aliphatic rings. The molecule has 0 saturated heterocycles. The third kappa shape index (κ3) is 7.09. The highest BCUT2D eigenvalue weighted by molar-refractivity contribution is 5.91. The van der Waals surface area contributed by atoms with Crippen LogP contribution in [-0.2, 0) is 42.2 Å². The molecule has 0 saturated carbocycles. The van der Waals surface area contributed by atoms with Crippen LogP contribution in [0.5, 0.6) is 11.5 Å². The molecule has 0 radical (unpaired) electrons. The molecule has 1 aromatic heterocycles. The fourth-order valence-corrected chi connectivity index (χ4v) is 6.94. The number of hydrogen-bond donors (Lipinski definition) is 0. The van der Waals surface area contributed by atoms with E-state index in [1.807, 2.05) is 38.4 Å². The summed E-state index contributed by atoms with van der Waals surface area (Å²) in [5, 5.41) is 0. The molecule has 0 spiro atoms. The van der Waals surface area contributed by atoms with Gasteiger partial charge in [-0.15, -0.1) is 0 Å². The highest BCUT2D eigenvalue weighted by atomic mass is 16.7. The van der Waals surface area contributed by atoms with Gasteiger partial charge >= 0.3 is 11.9 Å². The van der Waals surface area contributed by atoms with E-state index in [-0.39, 0.29) is 29.9 Å². The molecular weight excluding hydrogens is 600 g/mol. The maximum absolute atomic E-state index is 14.1. The lowest BCUT2D eigenvalue weighted by Gasteiger charge is -2.41. The third-order valence-corrected chi connectivity index (χ3v) is 9.67.